The van der Waals surface area contributed by atoms with E-state index < -0.39 is 10.0 Å². The fourth-order valence-electron chi connectivity index (χ4n) is 2.22. The summed E-state index contributed by atoms with van der Waals surface area (Å²) in [6.45, 7) is 1.63. The molecule has 24 heavy (non-hydrogen) atoms. The van der Waals surface area contributed by atoms with Crippen molar-refractivity contribution < 1.29 is 8.42 Å². The van der Waals surface area contributed by atoms with E-state index in [0.717, 1.165) is 25.1 Å². The minimum Gasteiger partial charge on any atom is -0.378 e. The molecule has 132 valence electrons. The molecule has 0 aliphatic rings. The maximum Gasteiger partial charge on any atom is 0.238 e. The summed E-state index contributed by atoms with van der Waals surface area (Å²) in [5, 5.41) is 8.47. The third kappa shape index (κ3) is 6.13. The molecule has 0 atom stereocenters. The van der Waals surface area contributed by atoms with Gasteiger partial charge in [-0.3, -0.25) is 0 Å². The number of sulfonamides is 1. The highest BCUT2D eigenvalue weighted by Gasteiger charge is 2.06. The number of rotatable bonds is 7. The third-order valence-electron chi connectivity index (χ3n) is 3.62. The molecule has 0 radical (unpaired) electrons. The highest BCUT2D eigenvalue weighted by Crippen LogP contribution is 2.12. The third-order valence-corrected chi connectivity index (χ3v) is 4.55. The van der Waals surface area contributed by atoms with E-state index in [1.807, 2.05) is 14.1 Å². The summed E-state index contributed by atoms with van der Waals surface area (Å²) in [6.07, 6.45) is 0.834. The van der Waals surface area contributed by atoms with Gasteiger partial charge in [-0.1, -0.05) is 24.3 Å². The first-order chi connectivity index (χ1) is 10.9. The number of nitrogens with one attached hydrogen (secondary N) is 1. The highest BCUT2D eigenvalue weighted by atomic mass is 35.5. The van der Waals surface area contributed by atoms with Crippen LogP contribution in [-0.4, -0.2) is 29.1 Å². The van der Waals surface area contributed by atoms with Crippen molar-refractivity contribution in [2.24, 2.45) is 5.14 Å². The number of nitrogens with zero attached hydrogens (tertiary/aromatic N) is 1. The number of halogens is 1. The average Bonchev–Trinajstić information content (AvgIpc) is 2.51. The minimum absolute atomic E-state index is 0. The van der Waals surface area contributed by atoms with Crippen LogP contribution in [0.5, 0.6) is 0 Å². The van der Waals surface area contributed by atoms with E-state index in [1.165, 1.54) is 11.3 Å². The Hall–Kier alpha value is -1.60. The van der Waals surface area contributed by atoms with Gasteiger partial charge in [0.2, 0.25) is 10.0 Å². The minimum atomic E-state index is -3.61. The topological polar surface area (TPSA) is 75.4 Å². The monoisotopic (exact) mass is 369 g/mol. The SMILES string of the molecule is CN(C)c1ccc(CNCCc2ccc(S(N)(=O)=O)cc2)cc1.Cl. The zero-order valence-corrected chi connectivity index (χ0v) is 15.5. The fourth-order valence-corrected chi connectivity index (χ4v) is 2.74. The van der Waals surface area contributed by atoms with Gasteiger partial charge in [-0.25, -0.2) is 13.6 Å². The number of anilines is 1. The Morgan fingerprint density at radius 2 is 1.50 bits per heavy atom. The molecule has 7 heteroatoms. The number of hydrogen-bond donors (Lipinski definition) is 2. The molecule has 0 aromatic heterocycles. The molecule has 0 spiro atoms. The van der Waals surface area contributed by atoms with Gasteiger partial charge in [-0.05, 0) is 48.4 Å². The molecular formula is C17H24ClN3O2S. The average molecular weight is 370 g/mol. The lowest BCUT2D eigenvalue weighted by atomic mass is 10.1. The van der Waals surface area contributed by atoms with Crippen LogP contribution in [0.1, 0.15) is 11.1 Å². The van der Waals surface area contributed by atoms with Crippen LogP contribution in [0.15, 0.2) is 53.4 Å². The van der Waals surface area contributed by atoms with Crippen LogP contribution >= 0.6 is 12.4 Å². The Bertz CT molecular complexity index is 729. The quantitative estimate of drug-likeness (QED) is 0.733. The molecule has 2 aromatic carbocycles. The predicted octanol–water partition coefficient (Wildman–Crippen LogP) is 2.15. The summed E-state index contributed by atoms with van der Waals surface area (Å²) in [7, 11) is 0.435. The molecule has 0 fully saturated rings. The van der Waals surface area contributed by atoms with Crippen LogP contribution in [0, 0.1) is 0 Å². The summed E-state index contributed by atoms with van der Waals surface area (Å²) in [5.74, 6) is 0. The summed E-state index contributed by atoms with van der Waals surface area (Å²) in [5.41, 5.74) is 3.50. The lowest BCUT2D eigenvalue weighted by molar-refractivity contribution is 0.597. The Morgan fingerprint density at radius 1 is 0.958 bits per heavy atom. The molecule has 0 unspecified atom stereocenters. The van der Waals surface area contributed by atoms with E-state index in [1.54, 1.807) is 24.3 Å². The Morgan fingerprint density at radius 3 is 2.00 bits per heavy atom. The number of hydrogen-bond acceptors (Lipinski definition) is 4. The first-order valence-corrected chi connectivity index (χ1v) is 8.99. The number of benzene rings is 2. The van der Waals surface area contributed by atoms with Gasteiger partial charge < -0.3 is 10.2 Å². The van der Waals surface area contributed by atoms with Gasteiger partial charge in [0.1, 0.15) is 0 Å². The fraction of sp³-hybridized carbons (Fsp3) is 0.294. The first-order valence-electron chi connectivity index (χ1n) is 7.45. The second-order valence-electron chi connectivity index (χ2n) is 5.68. The highest BCUT2D eigenvalue weighted by molar-refractivity contribution is 7.89. The number of primary sulfonamides is 1. The second-order valence-corrected chi connectivity index (χ2v) is 7.24. The van der Waals surface area contributed by atoms with Crippen molar-refractivity contribution in [1.82, 2.24) is 5.32 Å². The molecular weight excluding hydrogens is 346 g/mol. The van der Waals surface area contributed by atoms with Crippen molar-refractivity contribution in [2.75, 3.05) is 25.5 Å². The van der Waals surface area contributed by atoms with Crippen molar-refractivity contribution in [3.05, 3.63) is 59.7 Å². The summed E-state index contributed by atoms with van der Waals surface area (Å²) >= 11 is 0. The van der Waals surface area contributed by atoms with Crippen LogP contribution < -0.4 is 15.4 Å². The maximum absolute atomic E-state index is 11.2. The van der Waals surface area contributed by atoms with Crippen LogP contribution in [-0.2, 0) is 23.0 Å². The zero-order chi connectivity index (χ0) is 16.9. The van der Waals surface area contributed by atoms with Crippen LogP contribution in [0.3, 0.4) is 0 Å². The lowest BCUT2D eigenvalue weighted by Gasteiger charge is -2.13. The van der Waals surface area contributed by atoms with Gasteiger partial charge in [0.25, 0.3) is 0 Å². The molecule has 3 N–H and O–H groups in total. The molecule has 2 aromatic rings. The molecule has 0 saturated heterocycles. The number of nitrogens with two attached hydrogens (primary N) is 1. The Balaban J connectivity index is 0.00000288. The molecule has 0 bridgehead atoms. The second kappa shape index (κ2) is 9.03. The molecule has 0 aliphatic heterocycles. The van der Waals surface area contributed by atoms with Gasteiger partial charge >= 0.3 is 0 Å². The maximum atomic E-state index is 11.2. The molecule has 0 aliphatic carbocycles. The Labute approximate surface area is 150 Å². The summed E-state index contributed by atoms with van der Waals surface area (Å²) in [6, 6.07) is 15.1. The van der Waals surface area contributed by atoms with Crippen LogP contribution in [0.25, 0.3) is 0 Å². The van der Waals surface area contributed by atoms with Gasteiger partial charge in [-0.2, -0.15) is 0 Å². The largest absolute Gasteiger partial charge is 0.378 e. The predicted molar refractivity (Wildman–Crippen MR) is 101 cm³/mol. The molecule has 2 rings (SSSR count). The van der Waals surface area contributed by atoms with E-state index in [0.29, 0.717) is 0 Å². The van der Waals surface area contributed by atoms with E-state index >= 15 is 0 Å². The normalized spacial score (nSPS) is 11.0. The van der Waals surface area contributed by atoms with E-state index in [9.17, 15) is 8.42 Å². The van der Waals surface area contributed by atoms with Gasteiger partial charge in [0.05, 0.1) is 4.90 Å². The lowest BCUT2D eigenvalue weighted by Crippen LogP contribution is -2.17. The van der Waals surface area contributed by atoms with E-state index in [4.69, 9.17) is 5.14 Å². The van der Waals surface area contributed by atoms with Gasteiger partial charge in [0.15, 0.2) is 0 Å². The summed E-state index contributed by atoms with van der Waals surface area (Å²) in [4.78, 5) is 2.22. The molecule has 0 heterocycles. The van der Waals surface area contributed by atoms with Crippen LogP contribution in [0.2, 0.25) is 0 Å². The standard InChI is InChI=1S/C17H23N3O2S.ClH/c1-20(2)16-7-3-15(4-8-16)13-19-12-11-14-5-9-17(10-6-14)23(18,21)22;/h3-10,19H,11-13H2,1-2H3,(H2,18,21,22);1H. The van der Waals surface area contributed by atoms with Crippen molar-refractivity contribution >= 4 is 28.1 Å². The molecule has 5 nitrogen and oxygen atoms in total. The van der Waals surface area contributed by atoms with Crippen molar-refractivity contribution in [2.45, 2.75) is 17.9 Å². The van der Waals surface area contributed by atoms with Crippen LogP contribution in [0.4, 0.5) is 5.69 Å². The van der Waals surface area contributed by atoms with Gasteiger partial charge in [0, 0.05) is 26.3 Å². The zero-order valence-electron chi connectivity index (χ0n) is 13.9. The smallest absolute Gasteiger partial charge is 0.238 e. The first kappa shape index (κ1) is 20.4. The summed E-state index contributed by atoms with van der Waals surface area (Å²) < 4.78 is 22.4. The van der Waals surface area contributed by atoms with Crippen molar-refractivity contribution in [3.8, 4) is 0 Å². The van der Waals surface area contributed by atoms with Crippen molar-refractivity contribution in [1.29, 1.82) is 0 Å². The van der Waals surface area contributed by atoms with Crippen molar-refractivity contribution in [3.63, 3.8) is 0 Å². The molecule has 0 saturated carbocycles. The van der Waals surface area contributed by atoms with E-state index in [2.05, 4.69) is 34.5 Å². The van der Waals surface area contributed by atoms with Gasteiger partial charge in [-0.15, -0.1) is 12.4 Å². The van der Waals surface area contributed by atoms with E-state index in [-0.39, 0.29) is 17.3 Å². The molecule has 0 amide bonds. The Kier molecular flexibility index (Phi) is 7.69.